The first-order chi connectivity index (χ1) is 7.88. The largest absolute Gasteiger partial charge is 0.459 e. The van der Waals surface area contributed by atoms with Crippen LogP contribution in [0.2, 0.25) is 0 Å². The van der Waals surface area contributed by atoms with Gasteiger partial charge in [-0.3, -0.25) is 4.79 Å². The van der Waals surface area contributed by atoms with Crippen LogP contribution in [-0.4, -0.2) is 11.6 Å². The summed E-state index contributed by atoms with van der Waals surface area (Å²) in [7, 11) is 0. The van der Waals surface area contributed by atoms with Gasteiger partial charge in [0.25, 0.3) is 0 Å². The third-order valence-electron chi connectivity index (χ3n) is 2.95. The van der Waals surface area contributed by atoms with Crippen molar-refractivity contribution in [3.8, 4) is 0 Å². The summed E-state index contributed by atoms with van der Waals surface area (Å²) in [5.41, 5.74) is 7.68. The van der Waals surface area contributed by atoms with Crippen LogP contribution in [0.5, 0.6) is 0 Å². The number of carbonyl (C=O) groups excluding carboxylic acids is 1. The van der Waals surface area contributed by atoms with Gasteiger partial charge in [-0.1, -0.05) is 24.3 Å². The first-order valence-corrected chi connectivity index (χ1v) is 5.96. The highest BCUT2D eigenvalue weighted by Gasteiger charge is 2.35. The van der Waals surface area contributed by atoms with Gasteiger partial charge in [-0.15, -0.1) is 0 Å². The molecule has 0 amide bonds. The minimum Gasteiger partial charge on any atom is -0.459 e. The Balaban J connectivity index is 2.23. The van der Waals surface area contributed by atoms with Gasteiger partial charge in [-0.05, 0) is 38.3 Å². The van der Waals surface area contributed by atoms with Crippen LogP contribution in [0.25, 0.3) is 0 Å². The van der Waals surface area contributed by atoms with Crippen molar-refractivity contribution in [3.05, 3.63) is 35.4 Å². The van der Waals surface area contributed by atoms with Crippen molar-refractivity contribution in [2.24, 2.45) is 5.73 Å². The summed E-state index contributed by atoms with van der Waals surface area (Å²) in [6, 6.07) is 7.80. The Bertz CT molecular complexity index is 434. The molecule has 0 aromatic heterocycles. The summed E-state index contributed by atoms with van der Waals surface area (Å²) in [6.07, 6.45) is 0.647. The van der Waals surface area contributed by atoms with Crippen LogP contribution in [0.3, 0.4) is 0 Å². The molecule has 0 radical (unpaired) electrons. The molecular formula is C14H19NO2. The topological polar surface area (TPSA) is 52.3 Å². The summed E-state index contributed by atoms with van der Waals surface area (Å²) in [5.74, 6) is -0.377. The fourth-order valence-corrected chi connectivity index (χ4v) is 2.27. The average Bonchev–Trinajstić information content (AvgIpc) is 2.55. The van der Waals surface area contributed by atoms with Gasteiger partial charge in [0.05, 0.1) is 5.92 Å². The van der Waals surface area contributed by atoms with E-state index < -0.39 is 5.60 Å². The number of esters is 1. The maximum Gasteiger partial charge on any atom is 0.314 e. The molecule has 1 aliphatic carbocycles. The number of benzene rings is 1. The van der Waals surface area contributed by atoms with Gasteiger partial charge in [0.2, 0.25) is 0 Å². The van der Waals surface area contributed by atoms with Crippen LogP contribution in [0, 0.1) is 0 Å². The van der Waals surface area contributed by atoms with E-state index in [1.54, 1.807) is 0 Å². The van der Waals surface area contributed by atoms with Crippen molar-refractivity contribution < 1.29 is 9.53 Å². The lowest BCUT2D eigenvalue weighted by Crippen LogP contribution is -2.27. The molecule has 0 saturated heterocycles. The molecule has 0 saturated carbocycles. The molecule has 0 heterocycles. The van der Waals surface area contributed by atoms with Gasteiger partial charge >= 0.3 is 5.97 Å². The van der Waals surface area contributed by atoms with Crippen LogP contribution < -0.4 is 5.73 Å². The predicted molar refractivity (Wildman–Crippen MR) is 66.6 cm³/mol. The van der Waals surface area contributed by atoms with Gasteiger partial charge in [0, 0.05) is 6.04 Å². The van der Waals surface area contributed by atoms with Crippen LogP contribution in [0.1, 0.15) is 50.3 Å². The van der Waals surface area contributed by atoms with Gasteiger partial charge in [-0.2, -0.15) is 0 Å². The smallest absolute Gasteiger partial charge is 0.314 e. The summed E-state index contributed by atoms with van der Waals surface area (Å²) < 4.78 is 5.43. The molecule has 2 N–H and O–H groups in total. The van der Waals surface area contributed by atoms with Crippen molar-refractivity contribution in [1.82, 2.24) is 0 Å². The Kier molecular flexibility index (Phi) is 2.96. The lowest BCUT2D eigenvalue weighted by atomic mass is 10.0. The number of ether oxygens (including phenoxy) is 1. The van der Waals surface area contributed by atoms with Crippen LogP contribution in [0.15, 0.2) is 24.3 Å². The SMILES string of the molecule is CC(C)(C)OC(=O)[C@@H]1C[C@@H](N)c2ccccc21. The van der Waals surface area contributed by atoms with Crippen molar-refractivity contribution in [2.75, 3.05) is 0 Å². The van der Waals surface area contributed by atoms with Crippen molar-refractivity contribution >= 4 is 5.97 Å². The first kappa shape index (κ1) is 12.1. The highest BCUT2D eigenvalue weighted by molar-refractivity contribution is 5.80. The molecule has 1 aromatic carbocycles. The van der Waals surface area contributed by atoms with Crippen molar-refractivity contribution in [1.29, 1.82) is 0 Å². The van der Waals surface area contributed by atoms with Gasteiger partial charge in [-0.25, -0.2) is 0 Å². The number of nitrogens with two attached hydrogens (primary N) is 1. The zero-order chi connectivity index (χ0) is 12.6. The molecule has 92 valence electrons. The van der Waals surface area contributed by atoms with E-state index >= 15 is 0 Å². The lowest BCUT2D eigenvalue weighted by Gasteiger charge is -2.22. The molecule has 0 spiro atoms. The summed E-state index contributed by atoms with van der Waals surface area (Å²) in [4.78, 5) is 12.1. The Morgan fingerprint density at radius 2 is 1.88 bits per heavy atom. The number of hydrogen-bond donors (Lipinski definition) is 1. The molecule has 0 bridgehead atoms. The molecular weight excluding hydrogens is 214 g/mol. The predicted octanol–water partition coefficient (Wildman–Crippen LogP) is 2.52. The molecule has 1 aliphatic rings. The fourth-order valence-electron chi connectivity index (χ4n) is 2.27. The Morgan fingerprint density at radius 3 is 2.47 bits per heavy atom. The number of carbonyl (C=O) groups is 1. The first-order valence-electron chi connectivity index (χ1n) is 5.96. The number of rotatable bonds is 1. The van der Waals surface area contributed by atoms with E-state index in [-0.39, 0.29) is 17.9 Å². The minimum absolute atomic E-state index is 0.0521. The maximum absolute atomic E-state index is 12.1. The fraction of sp³-hybridized carbons (Fsp3) is 0.500. The third-order valence-corrected chi connectivity index (χ3v) is 2.95. The molecule has 2 atom stereocenters. The molecule has 2 rings (SSSR count). The van der Waals surface area contributed by atoms with Crippen LogP contribution >= 0.6 is 0 Å². The molecule has 0 unspecified atom stereocenters. The number of hydrogen-bond acceptors (Lipinski definition) is 3. The van der Waals surface area contributed by atoms with Crippen LogP contribution in [-0.2, 0) is 9.53 Å². The molecule has 3 heteroatoms. The Morgan fingerprint density at radius 1 is 1.29 bits per heavy atom. The number of fused-ring (bicyclic) bond motifs is 1. The second-order valence-electron chi connectivity index (χ2n) is 5.56. The van der Waals surface area contributed by atoms with Gasteiger partial charge in [0.1, 0.15) is 5.60 Å². The maximum atomic E-state index is 12.1. The summed E-state index contributed by atoms with van der Waals surface area (Å²) in [5, 5.41) is 0. The second-order valence-corrected chi connectivity index (χ2v) is 5.56. The van der Waals surface area contributed by atoms with E-state index in [0.29, 0.717) is 6.42 Å². The van der Waals surface area contributed by atoms with E-state index in [0.717, 1.165) is 11.1 Å². The quantitative estimate of drug-likeness (QED) is 0.758. The average molecular weight is 233 g/mol. The summed E-state index contributed by atoms with van der Waals surface area (Å²) in [6.45, 7) is 5.64. The molecule has 0 fully saturated rings. The standard InChI is InChI=1S/C14H19NO2/c1-14(2,3)17-13(16)11-8-12(15)10-7-5-4-6-9(10)11/h4-7,11-12H,8,15H2,1-3H3/t11-,12-/m1/s1. The highest BCUT2D eigenvalue weighted by Crippen LogP contribution is 2.39. The zero-order valence-electron chi connectivity index (χ0n) is 10.6. The molecule has 17 heavy (non-hydrogen) atoms. The third kappa shape index (κ3) is 2.50. The minimum atomic E-state index is -0.446. The van der Waals surface area contributed by atoms with E-state index in [9.17, 15) is 4.79 Å². The Hall–Kier alpha value is -1.35. The summed E-state index contributed by atoms with van der Waals surface area (Å²) >= 11 is 0. The molecule has 3 nitrogen and oxygen atoms in total. The van der Waals surface area contributed by atoms with Gasteiger partial charge < -0.3 is 10.5 Å². The van der Waals surface area contributed by atoms with E-state index in [1.807, 2.05) is 45.0 Å². The monoisotopic (exact) mass is 233 g/mol. The van der Waals surface area contributed by atoms with Crippen molar-refractivity contribution in [3.63, 3.8) is 0 Å². The zero-order valence-corrected chi connectivity index (χ0v) is 10.6. The van der Waals surface area contributed by atoms with Gasteiger partial charge in [0.15, 0.2) is 0 Å². The Labute approximate surface area is 102 Å². The van der Waals surface area contributed by atoms with E-state index in [2.05, 4.69) is 0 Å². The van der Waals surface area contributed by atoms with Crippen molar-refractivity contribution in [2.45, 2.75) is 44.8 Å². The van der Waals surface area contributed by atoms with Crippen LogP contribution in [0.4, 0.5) is 0 Å². The molecule has 0 aliphatic heterocycles. The second kappa shape index (κ2) is 4.15. The normalized spacial score (nSPS) is 23.3. The lowest BCUT2D eigenvalue weighted by molar-refractivity contribution is -0.156. The molecule has 1 aromatic rings. The van der Waals surface area contributed by atoms with E-state index in [4.69, 9.17) is 10.5 Å². The highest BCUT2D eigenvalue weighted by atomic mass is 16.6. The van der Waals surface area contributed by atoms with E-state index in [1.165, 1.54) is 0 Å².